The average Bonchev–Trinajstić information content (AvgIpc) is 3.02. The van der Waals surface area contributed by atoms with Gasteiger partial charge in [-0.15, -0.1) is 0 Å². The third-order valence-corrected chi connectivity index (χ3v) is 5.45. The first-order valence-corrected chi connectivity index (χ1v) is 8.16. The molecule has 20 heavy (non-hydrogen) atoms. The van der Waals surface area contributed by atoms with E-state index < -0.39 is 9.84 Å². The molecule has 0 aliphatic carbocycles. The Labute approximate surface area is 117 Å². The molecule has 108 valence electrons. The Hall–Kier alpha value is -1.76. The fourth-order valence-electron chi connectivity index (χ4n) is 2.48. The molecule has 1 atom stereocenters. The lowest BCUT2D eigenvalue weighted by molar-refractivity contribution is 0.0747. The fraction of sp³-hybridized carbons (Fsp3) is 0.462. The SMILES string of the molecule is CN(C(=O)c1ccc2c(c1)OCO2)[C@@H]1CCS(=O)(=O)C1. The van der Waals surface area contributed by atoms with E-state index in [0.29, 0.717) is 23.5 Å². The molecule has 0 N–H and O–H groups in total. The maximum atomic E-state index is 12.4. The number of hydrogen-bond acceptors (Lipinski definition) is 5. The smallest absolute Gasteiger partial charge is 0.254 e. The Morgan fingerprint density at radius 2 is 2.05 bits per heavy atom. The fourth-order valence-corrected chi connectivity index (χ4v) is 4.25. The van der Waals surface area contributed by atoms with Crippen LogP contribution < -0.4 is 9.47 Å². The molecular weight excluding hydrogens is 282 g/mol. The largest absolute Gasteiger partial charge is 0.454 e. The van der Waals surface area contributed by atoms with Crippen molar-refractivity contribution in [3.8, 4) is 11.5 Å². The summed E-state index contributed by atoms with van der Waals surface area (Å²) in [4.78, 5) is 13.9. The number of benzene rings is 1. The van der Waals surface area contributed by atoms with Gasteiger partial charge in [-0.1, -0.05) is 0 Å². The van der Waals surface area contributed by atoms with E-state index in [1.54, 1.807) is 25.2 Å². The van der Waals surface area contributed by atoms with Gasteiger partial charge in [0.1, 0.15) is 0 Å². The van der Waals surface area contributed by atoms with Crippen LogP contribution in [0.2, 0.25) is 0 Å². The molecule has 0 spiro atoms. The minimum Gasteiger partial charge on any atom is -0.454 e. The van der Waals surface area contributed by atoms with Crippen molar-refractivity contribution in [1.29, 1.82) is 0 Å². The summed E-state index contributed by atoms with van der Waals surface area (Å²) in [7, 11) is -1.37. The number of carbonyl (C=O) groups is 1. The molecule has 1 aromatic carbocycles. The van der Waals surface area contributed by atoms with Crippen molar-refractivity contribution in [3.05, 3.63) is 23.8 Å². The maximum Gasteiger partial charge on any atom is 0.254 e. The van der Waals surface area contributed by atoms with Gasteiger partial charge >= 0.3 is 0 Å². The molecule has 1 amide bonds. The molecule has 2 heterocycles. The molecule has 1 aromatic rings. The van der Waals surface area contributed by atoms with Crippen molar-refractivity contribution >= 4 is 15.7 Å². The Morgan fingerprint density at radius 3 is 2.75 bits per heavy atom. The quantitative estimate of drug-likeness (QED) is 0.802. The zero-order chi connectivity index (χ0) is 14.3. The van der Waals surface area contributed by atoms with E-state index in [-0.39, 0.29) is 30.2 Å². The van der Waals surface area contributed by atoms with Gasteiger partial charge in [-0.2, -0.15) is 0 Å². The lowest BCUT2D eigenvalue weighted by Gasteiger charge is -2.23. The minimum atomic E-state index is -3.00. The van der Waals surface area contributed by atoms with E-state index in [2.05, 4.69) is 0 Å². The van der Waals surface area contributed by atoms with E-state index in [0.717, 1.165) is 0 Å². The third kappa shape index (κ3) is 2.33. The molecule has 0 unspecified atom stereocenters. The molecule has 0 radical (unpaired) electrons. The van der Waals surface area contributed by atoms with Crippen LogP contribution in [-0.4, -0.2) is 50.6 Å². The number of rotatable bonds is 2. The van der Waals surface area contributed by atoms with Crippen LogP contribution in [0.3, 0.4) is 0 Å². The van der Waals surface area contributed by atoms with E-state index in [1.165, 1.54) is 4.90 Å². The zero-order valence-electron chi connectivity index (χ0n) is 11.0. The lowest BCUT2D eigenvalue weighted by atomic mass is 10.1. The molecule has 2 aliphatic heterocycles. The van der Waals surface area contributed by atoms with Crippen molar-refractivity contribution < 1.29 is 22.7 Å². The highest BCUT2D eigenvalue weighted by molar-refractivity contribution is 7.91. The van der Waals surface area contributed by atoms with Crippen LogP contribution in [-0.2, 0) is 9.84 Å². The first-order valence-electron chi connectivity index (χ1n) is 6.33. The summed E-state index contributed by atoms with van der Waals surface area (Å²) in [5.74, 6) is 1.15. The van der Waals surface area contributed by atoms with Crippen LogP contribution in [0.25, 0.3) is 0 Å². The molecule has 0 bridgehead atoms. The topological polar surface area (TPSA) is 72.9 Å². The summed E-state index contributed by atoms with van der Waals surface area (Å²) < 4.78 is 33.4. The summed E-state index contributed by atoms with van der Waals surface area (Å²) >= 11 is 0. The molecule has 0 aromatic heterocycles. The van der Waals surface area contributed by atoms with Crippen molar-refractivity contribution in [2.75, 3.05) is 25.3 Å². The van der Waals surface area contributed by atoms with Crippen molar-refractivity contribution in [1.82, 2.24) is 4.90 Å². The highest BCUT2D eigenvalue weighted by Crippen LogP contribution is 2.33. The summed E-state index contributed by atoms with van der Waals surface area (Å²) in [6, 6.07) is 4.73. The average molecular weight is 297 g/mol. The predicted octanol–water partition coefficient (Wildman–Crippen LogP) is 0.674. The zero-order valence-corrected chi connectivity index (χ0v) is 11.9. The second kappa shape index (κ2) is 4.66. The third-order valence-electron chi connectivity index (χ3n) is 3.70. The second-order valence-corrected chi connectivity index (χ2v) is 7.27. The first-order chi connectivity index (χ1) is 9.46. The second-order valence-electron chi connectivity index (χ2n) is 5.04. The van der Waals surface area contributed by atoms with E-state index in [9.17, 15) is 13.2 Å². The minimum absolute atomic E-state index is 0.0415. The van der Waals surface area contributed by atoms with Gasteiger partial charge in [-0.3, -0.25) is 4.79 Å². The van der Waals surface area contributed by atoms with Gasteiger partial charge < -0.3 is 14.4 Å². The van der Waals surface area contributed by atoms with Gasteiger partial charge in [-0.25, -0.2) is 8.42 Å². The summed E-state index contributed by atoms with van der Waals surface area (Å²) in [5, 5.41) is 0. The lowest BCUT2D eigenvalue weighted by Crippen LogP contribution is -2.37. The van der Waals surface area contributed by atoms with Gasteiger partial charge in [0.15, 0.2) is 21.3 Å². The molecular formula is C13H15NO5S. The number of ether oxygens (including phenoxy) is 2. The highest BCUT2D eigenvalue weighted by atomic mass is 32.2. The molecule has 1 saturated heterocycles. The van der Waals surface area contributed by atoms with Crippen LogP contribution in [0.1, 0.15) is 16.8 Å². The van der Waals surface area contributed by atoms with E-state index >= 15 is 0 Å². The van der Waals surface area contributed by atoms with Crippen molar-refractivity contribution in [2.45, 2.75) is 12.5 Å². The summed E-state index contributed by atoms with van der Waals surface area (Å²) in [6.45, 7) is 0.156. The van der Waals surface area contributed by atoms with Gasteiger partial charge in [0.25, 0.3) is 5.91 Å². The Morgan fingerprint density at radius 1 is 1.30 bits per heavy atom. The number of amides is 1. The summed E-state index contributed by atoms with van der Waals surface area (Å²) in [5.41, 5.74) is 0.473. The monoisotopic (exact) mass is 297 g/mol. The molecule has 7 heteroatoms. The van der Waals surface area contributed by atoms with E-state index in [4.69, 9.17) is 9.47 Å². The molecule has 1 fully saturated rings. The standard InChI is InChI=1S/C13H15NO5S/c1-14(10-4-5-20(16,17)7-10)13(15)9-2-3-11-12(6-9)19-8-18-11/h2-3,6,10H,4-5,7-8H2,1H3/t10-/m1/s1. The first kappa shape index (κ1) is 13.2. The van der Waals surface area contributed by atoms with Gasteiger partial charge in [0.05, 0.1) is 11.5 Å². The van der Waals surface area contributed by atoms with Gasteiger partial charge in [0.2, 0.25) is 6.79 Å². The van der Waals surface area contributed by atoms with Crippen LogP contribution in [0.15, 0.2) is 18.2 Å². The molecule has 2 aliphatic rings. The van der Waals surface area contributed by atoms with Crippen molar-refractivity contribution in [2.24, 2.45) is 0 Å². The molecule has 0 saturated carbocycles. The number of nitrogens with zero attached hydrogens (tertiary/aromatic N) is 1. The Balaban J connectivity index is 1.79. The molecule has 3 rings (SSSR count). The number of sulfone groups is 1. The normalized spacial score (nSPS) is 22.8. The highest BCUT2D eigenvalue weighted by Gasteiger charge is 2.33. The number of carbonyl (C=O) groups excluding carboxylic acids is 1. The van der Waals surface area contributed by atoms with Crippen LogP contribution >= 0.6 is 0 Å². The van der Waals surface area contributed by atoms with Crippen LogP contribution in [0.5, 0.6) is 11.5 Å². The van der Waals surface area contributed by atoms with E-state index in [1.807, 2.05) is 0 Å². The molecule has 6 nitrogen and oxygen atoms in total. The maximum absolute atomic E-state index is 12.4. The van der Waals surface area contributed by atoms with Crippen molar-refractivity contribution in [3.63, 3.8) is 0 Å². The summed E-state index contributed by atoms with van der Waals surface area (Å²) in [6.07, 6.45) is 0.495. The Bertz CT molecular complexity index is 655. The van der Waals surface area contributed by atoms with Gasteiger partial charge in [0, 0.05) is 18.7 Å². The Kier molecular flexibility index (Phi) is 3.08. The number of hydrogen-bond donors (Lipinski definition) is 0. The number of fused-ring (bicyclic) bond motifs is 1. The van der Waals surface area contributed by atoms with Gasteiger partial charge in [-0.05, 0) is 24.6 Å². The van der Waals surface area contributed by atoms with Crippen LogP contribution in [0.4, 0.5) is 0 Å². The van der Waals surface area contributed by atoms with Crippen LogP contribution in [0, 0.1) is 0 Å². The predicted molar refractivity (Wildman–Crippen MR) is 71.7 cm³/mol.